The van der Waals surface area contributed by atoms with Crippen LogP contribution < -0.4 is 11.1 Å². The molecule has 0 saturated carbocycles. The third-order valence-electron chi connectivity index (χ3n) is 2.21. The van der Waals surface area contributed by atoms with Gasteiger partial charge in [-0.3, -0.25) is 14.9 Å². The summed E-state index contributed by atoms with van der Waals surface area (Å²) in [6, 6.07) is 0. The minimum atomic E-state index is -0.591. The highest BCUT2D eigenvalue weighted by Gasteiger charge is 2.28. The Morgan fingerprint density at radius 3 is 2.65 bits per heavy atom. The van der Waals surface area contributed by atoms with Gasteiger partial charge in [0.1, 0.15) is 5.69 Å². The molecule has 0 fully saturated rings. The molecule has 94 valence electrons. The number of aryl methyl sites for hydroxylation is 1. The van der Waals surface area contributed by atoms with Gasteiger partial charge in [0.05, 0.1) is 11.5 Å². The molecule has 1 heterocycles. The van der Waals surface area contributed by atoms with Crippen LogP contribution in [0, 0.1) is 10.1 Å². The van der Waals surface area contributed by atoms with Gasteiger partial charge in [-0.2, -0.15) is 5.10 Å². The molecule has 8 nitrogen and oxygen atoms in total. The van der Waals surface area contributed by atoms with Gasteiger partial charge in [-0.25, -0.2) is 4.68 Å². The zero-order valence-corrected chi connectivity index (χ0v) is 9.93. The maximum absolute atomic E-state index is 11.0. The van der Waals surface area contributed by atoms with Crippen LogP contribution in [0.2, 0.25) is 0 Å². The summed E-state index contributed by atoms with van der Waals surface area (Å²) in [5.74, 6) is -0.477. The van der Waals surface area contributed by atoms with Crippen LogP contribution in [-0.4, -0.2) is 27.2 Å². The van der Waals surface area contributed by atoms with E-state index in [1.165, 1.54) is 4.68 Å². The molecule has 0 atom stereocenters. The first-order valence-corrected chi connectivity index (χ1v) is 5.08. The zero-order chi connectivity index (χ0) is 13.2. The number of nitrogens with one attached hydrogen (secondary N) is 1. The van der Waals surface area contributed by atoms with Gasteiger partial charge >= 0.3 is 5.69 Å². The number of carbonyl (C=O) groups excluding carboxylic acids is 1. The molecule has 0 aliphatic heterocycles. The van der Waals surface area contributed by atoms with Crippen molar-refractivity contribution in [2.75, 3.05) is 11.9 Å². The lowest BCUT2D eigenvalue weighted by Crippen LogP contribution is -2.23. The van der Waals surface area contributed by atoms with Crippen molar-refractivity contribution in [2.45, 2.75) is 19.8 Å². The van der Waals surface area contributed by atoms with Gasteiger partial charge in [0.25, 0.3) is 0 Å². The highest BCUT2D eigenvalue weighted by atomic mass is 16.6. The standard InChI is InChI=1S/C9H15N5O3/c1-5(2)7-8(14(16)17)9(13(3)12-7)11-4-6(10)15/h5,11H,4H2,1-3H3,(H2,10,15). The van der Waals surface area contributed by atoms with Gasteiger partial charge in [0.15, 0.2) is 0 Å². The number of carbonyl (C=O) groups is 1. The highest BCUT2D eigenvalue weighted by Crippen LogP contribution is 2.32. The smallest absolute Gasteiger partial charge is 0.334 e. The molecule has 1 amide bonds. The molecular formula is C9H15N5O3. The summed E-state index contributed by atoms with van der Waals surface area (Å²) in [5, 5.41) is 17.7. The third kappa shape index (κ3) is 2.71. The number of hydrogen-bond donors (Lipinski definition) is 2. The Morgan fingerprint density at radius 1 is 1.65 bits per heavy atom. The number of amides is 1. The number of rotatable bonds is 5. The second-order valence-corrected chi connectivity index (χ2v) is 3.94. The Labute approximate surface area is 97.9 Å². The van der Waals surface area contributed by atoms with Crippen LogP contribution in [-0.2, 0) is 11.8 Å². The number of nitrogens with zero attached hydrogens (tertiary/aromatic N) is 3. The summed E-state index contributed by atoms with van der Waals surface area (Å²) in [5.41, 5.74) is 5.25. The first-order chi connectivity index (χ1) is 7.84. The first-order valence-electron chi connectivity index (χ1n) is 5.08. The third-order valence-corrected chi connectivity index (χ3v) is 2.21. The molecule has 0 spiro atoms. The Kier molecular flexibility index (Phi) is 3.66. The molecule has 0 bridgehead atoms. The first kappa shape index (κ1) is 12.9. The summed E-state index contributed by atoms with van der Waals surface area (Å²) < 4.78 is 1.34. The zero-order valence-electron chi connectivity index (χ0n) is 9.93. The van der Waals surface area contributed by atoms with Crippen LogP contribution in [0.4, 0.5) is 11.5 Å². The second-order valence-electron chi connectivity index (χ2n) is 3.94. The van der Waals surface area contributed by atoms with E-state index in [0.717, 1.165) is 0 Å². The average molecular weight is 241 g/mol. The van der Waals surface area contributed by atoms with Crippen LogP contribution in [0.5, 0.6) is 0 Å². The molecule has 0 saturated heterocycles. The quantitative estimate of drug-likeness (QED) is 0.569. The molecule has 1 aromatic heterocycles. The molecule has 0 aromatic carbocycles. The number of aromatic nitrogens is 2. The largest absolute Gasteiger partial charge is 0.368 e. The van der Waals surface area contributed by atoms with Crippen molar-refractivity contribution in [3.63, 3.8) is 0 Å². The number of primary amides is 1. The van der Waals surface area contributed by atoms with E-state index >= 15 is 0 Å². The lowest BCUT2D eigenvalue weighted by molar-refractivity contribution is -0.384. The van der Waals surface area contributed by atoms with Crippen LogP contribution >= 0.6 is 0 Å². The van der Waals surface area contributed by atoms with Gasteiger partial charge < -0.3 is 11.1 Å². The molecule has 1 aromatic rings. The van der Waals surface area contributed by atoms with Crippen LogP contribution in [0.3, 0.4) is 0 Å². The number of hydrogen-bond acceptors (Lipinski definition) is 5. The molecule has 8 heteroatoms. The van der Waals surface area contributed by atoms with Crippen molar-refractivity contribution in [3.8, 4) is 0 Å². The predicted octanol–water partition coefficient (Wildman–Crippen LogP) is 0.349. The van der Waals surface area contributed by atoms with Gasteiger partial charge in [-0.1, -0.05) is 13.8 Å². The van der Waals surface area contributed by atoms with E-state index in [2.05, 4.69) is 10.4 Å². The number of anilines is 1. The van der Waals surface area contributed by atoms with Crippen molar-refractivity contribution < 1.29 is 9.72 Å². The number of nitro groups is 1. The Balaban J connectivity index is 3.18. The summed E-state index contributed by atoms with van der Waals surface area (Å²) >= 11 is 0. The molecule has 17 heavy (non-hydrogen) atoms. The van der Waals surface area contributed by atoms with E-state index in [-0.39, 0.29) is 24.0 Å². The maximum atomic E-state index is 11.0. The van der Waals surface area contributed by atoms with Crippen molar-refractivity contribution in [2.24, 2.45) is 12.8 Å². The van der Waals surface area contributed by atoms with E-state index in [1.807, 2.05) is 13.8 Å². The van der Waals surface area contributed by atoms with Crippen molar-refractivity contribution in [1.29, 1.82) is 0 Å². The van der Waals surface area contributed by atoms with Gasteiger partial charge in [0, 0.05) is 13.0 Å². The van der Waals surface area contributed by atoms with Crippen LogP contribution in [0.15, 0.2) is 0 Å². The summed E-state index contributed by atoms with van der Waals surface area (Å²) in [4.78, 5) is 21.2. The van der Waals surface area contributed by atoms with E-state index in [9.17, 15) is 14.9 Å². The molecule has 0 aliphatic rings. The molecule has 3 N–H and O–H groups in total. The maximum Gasteiger partial charge on any atom is 0.334 e. The predicted molar refractivity (Wildman–Crippen MR) is 61.6 cm³/mol. The summed E-state index contributed by atoms with van der Waals surface area (Å²) in [6.45, 7) is 3.46. The van der Waals surface area contributed by atoms with E-state index in [0.29, 0.717) is 5.69 Å². The van der Waals surface area contributed by atoms with E-state index < -0.39 is 10.8 Å². The van der Waals surface area contributed by atoms with Gasteiger partial charge in [-0.05, 0) is 0 Å². The normalized spacial score (nSPS) is 10.6. The topological polar surface area (TPSA) is 116 Å². The Bertz CT molecular complexity index is 452. The SMILES string of the molecule is CC(C)c1nn(C)c(NCC(N)=O)c1[N+](=O)[O-]. The van der Waals surface area contributed by atoms with Crippen molar-refractivity contribution in [3.05, 3.63) is 15.8 Å². The monoisotopic (exact) mass is 241 g/mol. The average Bonchev–Trinajstić information content (AvgIpc) is 2.52. The highest BCUT2D eigenvalue weighted by molar-refractivity contribution is 5.79. The Hall–Kier alpha value is -2.12. The molecule has 1 rings (SSSR count). The Morgan fingerprint density at radius 2 is 2.24 bits per heavy atom. The number of nitrogens with two attached hydrogens (primary N) is 1. The van der Waals surface area contributed by atoms with Gasteiger partial charge in [-0.15, -0.1) is 0 Å². The molecule has 0 aliphatic carbocycles. The van der Waals surface area contributed by atoms with Crippen molar-refractivity contribution >= 4 is 17.4 Å². The van der Waals surface area contributed by atoms with E-state index in [4.69, 9.17) is 5.73 Å². The molecule has 0 radical (unpaired) electrons. The lowest BCUT2D eigenvalue weighted by Gasteiger charge is -2.03. The van der Waals surface area contributed by atoms with Crippen molar-refractivity contribution in [1.82, 2.24) is 9.78 Å². The fraction of sp³-hybridized carbons (Fsp3) is 0.556. The second kappa shape index (κ2) is 4.81. The minimum Gasteiger partial charge on any atom is -0.368 e. The fourth-order valence-electron chi connectivity index (χ4n) is 1.47. The summed E-state index contributed by atoms with van der Waals surface area (Å²) in [6.07, 6.45) is 0. The van der Waals surface area contributed by atoms with Gasteiger partial charge in [0.2, 0.25) is 11.7 Å². The minimum absolute atomic E-state index is 0.0780. The lowest BCUT2D eigenvalue weighted by atomic mass is 10.1. The molecular weight excluding hydrogens is 226 g/mol. The summed E-state index contributed by atoms with van der Waals surface area (Å²) in [7, 11) is 1.57. The van der Waals surface area contributed by atoms with E-state index in [1.54, 1.807) is 7.05 Å². The van der Waals surface area contributed by atoms with Crippen LogP contribution in [0.25, 0.3) is 0 Å². The fourth-order valence-corrected chi connectivity index (χ4v) is 1.47. The van der Waals surface area contributed by atoms with Crippen LogP contribution in [0.1, 0.15) is 25.5 Å². The molecule has 0 unspecified atom stereocenters.